The highest BCUT2D eigenvalue weighted by Gasteiger charge is 2.38. The summed E-state index contributed by atoms with van der Waals surface area (Å²) in [4.78, 5) is 38.3. The minimum Gasteiger partial charge on any atom is -0.480 e. The number of aromatic nitrogens is 3. The van der Waals surface area contributed by atoms with E-state index in [0.717, 1.165) is 27.7 Å². The summed E-state index contributed by atoms with van der Waals surface area (Å²) in [6, 6.07) is 28.1. The number of hydrogen-bond acceptors (Lipinski definition) is 7. The van der Waals surface area contributed by atoms with Crippen molar-refractivity contribution in [3.05, 3.63) is 124 Å². The summed E-state index contributed by atoms with van der Waals surface area (Å²) in [6.07, 6.45) is 1.05. The molecule has 10 nitrogen and oxygen atoms in total. The number of rotatable bonds is 11. The van der Waals surface area contributed by atoms with Gasteiger partial charge in [-0.25, -0.2) is 4.79 Å². The molecule has 1 aromatic heterocycles. The van der Waals surface area contributed by atoms with Crippen molar-refractivity contribution in [1.29, 1.82) is 0 Å². The molecule has 4 aromatic rings. The molecule has 1 unspecified atom stereocenters. The molecule has 0 spiro atoms. The van der Waals surface area contributed by atoms with Crippen LogP contribution in [0.1, 0.15) is 16.7 Å². The molecule has 2 N–H and O–H groups in total. The van der Waals surface area contributed by atoms with Crippen LogP contribution >= 0.6 is 11.8 Å². The molecular formula is C26H23N5O5S. The monoisotopic (exact) mass is 517 g/mol. The summed E-state index contributed by atoms with van der Waals surface area (Å²) in [5.41, 5.74) is 2.88. The van der Waals surface area contributed by atoms with Crippen LogP contribution in [0.4, 0.5) is 5.95 Å². The fourth-order valence-corrected chi connectivity index (χ4v) is 5.53. The summed E-state index contributed by atoms with van der Waals surface area (Å²) < 4.78 is 0.233. The van der Waals surface area contributed by atoms with Gasteiger partial charge in [-0.1, -0.05) is 96.0 Å². The first kappa shape index (κ1) is 25.6. The van der Waals surface area contributed by atoms with Gasteiger partial charge in [0.25, 0.3) is 0 Å². The van der Waals surface area contributed by atoms with Crippen LogP contribution in [0.15, 0.2) is 97.3 Å². The number of carboxylic acid groups (broad SMARTS) is 1. The predicted octanol–water partition coefficient (Wildman–Crippen LogP) is 3.48. The van der Waals surface area contributed by atoms with Crippen LogP contribution in [-0.2, 0) is 20.9 Å². The molecule has 37 heavy (non-hydrogen) atoms. The van der Waals surface area contributed by atoms with Crippen LogP contribution in [0.2, 0.25) is 0 Å². The van der Waals surface area contributed by atoms with E-state index in [-0.39, 0.29) is 5.75 Å². The van der Waals surface area contributed by atoms with Gasteiger partial charge in [0.05, 0.1) is 4.75 Å². The number of amides is 1. The second kappa shape index (κ2) is 11.5. The Balaban J connectivity index is 1.63. The SMILES string of the molecule is O=C(Cn1cnc([N+](=O)[O-])n1)NC(CSC(c1ccccc1)(c1ccccc1)c1ccccc1)C(=O)O. The smallest absolute Gasteiger partial charge is 0.480 e. The van der Waals surface area contributed by atoms with Crippen LogP contribution in [0, 0.1) is 10.1 Å². The molecular weight excluding hydrogens is 494 g/mol. The van der Waals surface area contributed by atoms with Crippen molar-refractivity contribution in [2.24, 2.45) is 0 Å². The van der Waals surface area contributed by atoms with Crippen molar-refractivity contribution < 1.29 is 19.6 Å². The Kier molecular flexibility index (Phi) is 7.94. The molecule has 1 heterocycles. The van der Waals surface area contributed by atoms with E-state index in [4.69, 9.17) is 0 Å². The lowest BCUT2D eigenvalue weighted by atomic mass is 9.84. The average molecular weight is 518 g/mol. The van der Waals surface area contributed by atoms with Crippen molar-refractivity contribution >= 4 is 29.6 Å². The van der Waals surface area contributed by atoms with E-state index < -0.39 is 40.1 Å². The topological polar surface area (TPSA) is 140 Å². The first-order valence-corrected chi connectivity index (χ1v) is 12.3. The number of carbonyl (C=O) groups is 2. The number of aliphatic carboxylic acids is 1. The zero-order chi connectivity index (χ0) is 26.3. The highest BCUT2D eigenvalue weighted by molar-refractivity contribution is 8.00. The largest absolute Gasteiger partial charge is 0.490 e. The molecule has 3 aromatic carbocycles. The third-order valence-electron chi connectivity index (χ3n) is 5.63. The van der Waals surface area contributed by atoms with Crippen LogP contribution in [0.5, 0.6) is 0 Å². The number of nitrogens with one attached hydrogen (secondary N) is 1. The Morgan fingerprint density at radius 1 is 0.946 bits per heavy atom. The molecule has 0 aliphatic heterocycles. The third kappa shape index (κ3) is 5.84. The molecule has 0 aliphatic carbocycles. The molecule has 0 bridgehead atoms. The summed E-state index contributed by atoms with van der Waals surface area (Å²) in [5, 5.41) is 26.8. The van der Waals surface area contributed by atoms with E-state index in [9.17, 15) is 24.8 Å². The standard InChI is InChI=1S/C26H23N5O5S/c32-23(16-30-18-27-25(29-30)31(35)36)28-22(24(33)34)17-37-26(19-10-4-1-5-11-19,20-12-6-2-7-13-20)21-14-8-3-9-15-21/h1-15,18,22H,16-17H2,(H,28,32)(H,33,34). The number of nitrogens with zero attached hydrogens (tertiary/aromatic N) is 4. The van der Waals surface area contributed by atoms with Gasteiger partial charge in [0, 0.05) is 10.9 Å². The van der Waals surface area contributed by atoms with E-state index in [1.54, 1.807) is 0 Å². The molecule has 0 saturated carbocycles. The molecule has 1 amide bonds. The van der Waals surface area contributed by atoms with Gasteiger partial charge in [0.15, 0.2) is 0 Å². The first-order chi connectivity index (χ1) is 17.9. The normalized spacial score (nSPS) is 12.0. The van der Waals surface area contributed by atoms with E-state index in [0.29, 0.717) is 0 Å². The van der Waals surface area contributed by atoms with Gasteiger partial charge in [-0.05, 0) is 21.6 Å². The lowest BCUT2D eigenvalue weighted by Crippen LogP contribution is -2.45. The molecule has 11 heteroatoms. The molecule has 0 fully saturated rings. The lowest BCUT2D eigenvalue weighted by Gasteiger charge is -2.36. The van der Waals surface area contributed by atoms with Gasteiger partial charge in [0.2, 0.25) is 12.2 Å². The van der Waals surface area contributed by atoms with E-state index in [1.165, 1.54) is 11.8 Å². The Bertz CT molecular complexity index is 1270. The van der Waals surface area contributed by atoms with E-state index >= 15 is 0 Å². The lowest BCUT2D eigenvalue weighted by molar-refractivity contribution is -0.394. The number of nitro groups is 1. The van der Waals surface area contributed by atoms with E-state index in [2.05, 4.69) is 15.4 Å². The predicted molar refractivity (Wildman–Crippen MR) is 138 cm³/mol. The zero-order valence-electron chi connectivity index (χ0n) is 19.5. The van der Waals surface area contributed by atoms with Crippen molar-refractivity contribution in [1.82, 2.24) is 20.1 Å². The molecule has 0 aliphatic rings. The number of hydrogen-bond donors (Lipinski definition) is 2. The average Bonchev–Trinajstić information content (AvgIpc) is 3.39. The van der Waals surface area contributed by atoms with Gasteiger partial charge in [-0.15, -0.1) is 11.8 Å². The fraction of sp³-hybridized carbons (Fsp3) is 0.154. The Hall–Kier alpha value is -4.51. The van der Waals surface area contributed by atoms with Crippen LogP contribution in [0.25, 0.3) is 0 Å². The summed E-state index contributed by atoms with van der Waals surface area (Å²) in [6.45, 7) is -0.406. The number of benzene rings is 3. The highest BCUT2D eigenvalue weighted by Crippen LogP contribution is 2.48. The Labute approximate surface area is 216 Å². The maximum Gasteiger partial charge on any atom is 0.490 e. The minimum absolute atomic E-state index is 0.0389. The van der Waals surface area contributed by atoms with Gasteiger partial charge >= 0.3 is 11.9 Å². The second-order valence-electron chi connectivity index (χ2n) is 8.05. The van der Waals surface area contributed by atoms with Gasteiger partial charge in [-0.2, -0.15) is 4.68 Å². The van der Waals surface area contributed by atoms with Crippen molar-refractivity contribution in [2.45, 2.75) is 17.3 Å². The quantitative estimate of drug-likeness (QED) is 0.175. The van der Waals surface area contributed by atoms with Gasteiger partial charge < -0.3 is 20.5 Å². The summed E-state index contributed by atoms with van der Waals surface area (Å²) >= 11 is 1.40. The highest BCUT2D eigenvalue weighted by atomic mass is 32.2. The van der Waals surface area contributed by atoms with Crippen molar-refractivity contribution in [3.63, 3.8) is 0 Å². The summed E-state index contributed by atoms with van der Waals surface area (Å²) in [7, 11) is 0. The second-order valence-corrected chi connectivity index (χ2v) is 9.28. The Morgan fingerprint density at radius 3 is 1.84 bits per heavy atom. The zero-order valence-corrected chi connectivity index (χ0v) is 20.3. The maximum atomic E-state index is 12.6. The van der Waals surface area contributed by atoms with Crippen LogP contribution < -0.4 is 5.32 Å². The Morgan fingerprint density at radius 2 is 1.43 bits per heavy atom. The molecule has 4 rings (SSSR count). The number of thioether (sulfide) groups is 1. The third-order valence-corrected chi connectivity index (χ3v) is 7.27. The van der Waals surface area contributed by atoms with Crippen molar-refractivity contribution in [2.75, 3.05) is 5.75 Å². The van der Waals surface area contributed by atoms with Crippen molar-refractivity contribution in [3.8, 4) is 0 Å². The molecule has 188 valence electrons. The van der Waals surface area contributed by atoms with E-state index in [1.807, 2.05) is 91.0 Å². The summed E-state index contributed by atoms with van der Waals surface area (Å²) in [5.74, 6) is -2.46. The van der Waals surface area contributed by atoms with Gasteiger partial charge in [0.1, 0.15) is 12.6 Å². The molecule has 1 atom stereocenters. The van der Waals surface area contributed by atoms with Gasteiger partial charge in [-0.3, -0.25) is 4.79 Å². The van der Waals surface area contributed by atoms with Crippen LogP contribution in [0.3, 0.4) is 0 Å². The fourth-order valence-electron chi connectivity index (χ4n) is 3.98. The minimum atomic E-state index is -1.23. The molecule has 0 radical (unpaired) electrons. The molecule has 0 saturated heterocycles. The number of carbonyl (C=O) groups excluding carboxylic acids is 1. The number of carboxylic acids is 1. The first-order valence-electron chi connectivity index (χ1n) is 11.3. The van der Waals surface area contributed by atoms with Crippen LogP contribution in [-0.4, -0.2) is 48.5 Å². The maximum absolute atomic E-state index is 12.6.